The number of anilines is 1. The largest absolute Gasteiger partial charge is 0.462 e. The second kappa shape index (κ2) is 37.7. The summed E-state index contributed by atoms with van der Waals surface area (Å²) in [7, 11) is 0. The summed E-state index contributed by atoms with van der Waals surface area (Å²) in [5.41, 5.74) is 6.19. The number of nitrogens with zero attached hydrogens (tertiary/aromatic N) is 3. The molecule has 16 heteroatoms. The maximum Gasteiger partial charge on any atom is 0.306 e. The fraction of sp³-hybridized carbons (Fsp3) is 0.896. The smallest absolute Gasteiger partial charge is 0.306 e. The van der Waals surface area contributed by atoms with E-state index in [9.17, 15) is 34.8 Å². The van der Waals surface area contributed by atoms with Crippen LogP contribution in [0.1, 0.15) is 213 Å². The molecule has 1 saturated heterocycles. The van der Waals surface area contributed by atoms with Gasteiger partial charge < -0.3 is 45.7 Å². The SMILES string of the molecule is CCCCCCCCCCCCCCCCC(=O)OC[C@H](CSC[C@@H](N)C(=O)Nc1cn(C2OC(CO)C(O)C(O)C2O)nn1)OC(=O)CCCCCCCCCCCCCCCC. The number of hydrogen-bond donors (Lipinski definition) is 6. The van der Waals surface area contributed by atoms with E-state index in [1.807, 2.05) is 0 Å². The number of aliphatic hydroxyl groups excluding tert-OH is 4. The van der Waals surface area contributed by atoms with Gasteiger partial charge in [-0.2, -0.15) is 11.8 Å². The van der Waals surface area contributed by atoms with Crippen molar-refractivity contribution in [2.75, 3.05) is 30.0 Å². The number of unbranched alkanes of at least 4 members (excludes halogenated alkanes) is 26. The van der Waals surface area contributed by atoms with E-state index in [4.69, 9.17) is 19.9 Å². The Labute approximate surface area is 389 Å². The molecule has 372 valence electrons. The van der Waals surface area contributed by atoms with E-state index in [1.165, 1.54) is 159 Å². The Hall–Kier alpha value is -2.34. The monoisotopic (exact) mass is 928 g/mol. The number of aromatic nitrogens is 3. The molecule has 0 saturated carbocycles. The molecule has 64 heavy (non-hydrogen) atoms. The van der Waals surface area contributed by atoms with E-state index in [-0.39, 0.29) is 42.3 Å². The highest BCUT2D eigenvalue weighted by Crippen LogP contribution is 2.28. The van der Waals surface area contributed by atoms with Crippen molar-refractivity contribution in [3.05, 3.63) is 6.20 Å². The molecule has 0 aromatic carbocycles. The Morgan fingerprint density at radius 3 is 1.61 bits per heavy atom. The fourth-order valence-corrected chi connectivity index (χ4v) is 8.90. The summed E-state index contributed by atoms with van der Waals surface area (Å²) in [5.74, 6) is -0.790. The number of ether oxygens (including phenoxy) is 3. The zero-order chi connectivity index (χ0) is 46.6. The molecule has 0 spiro atoms. The highest BCUT2D eigenvalue weighted by molar-refractivity contribution is 7.99. The average Bonchev–Trinajstić information content (AvgIpc) is 3.75. The summed E-state index contributed by atoms with van der Waals surface area (Å²) in [6.07, 6.45) is 28.5. The van der Waals surface area contributed by atoms with Gasteiger partial charge in [0.25, 0.3) is 0 Å². The third-order valence-electron chi connectivity index (χ3n) is 12.0. The van der Waals surface area contributed by atoms with Crippen LogP contribution in [0.4, 0.5) is 5.82 Å². The molecule has 2 heterocycles. The summed E-state index contributed by atoms with van der Waals surface area (Å²) < 4.78 is 17.9. The average molecular weight is 928 g/mol. The lowest BCUT2D eigenvalue weighted by molar-refractivity contribution is -0.254. The third-order valence-corrected chi connectivity index (χ3v) is 13.2. The van der Waals surface area contributed by atoms with Crippen molar-refractivity contribution in [2.45, 2.75) is 249 Å². The van der Waals surface area contributed by atoms with E-state index in [0.717, 1.165) is 43.2 Å². The molecule has 1 aromatic rings. The molecule has 0 radical (unpaired) electrons. The molecular formula is C48H89N5O10S. The highest BCUT2D eigenvalue weighted by Gasteiger charge is 2.44. The van der Waals surface area contributed by atoms with Gasteiger partial charge in [-0.15, -0.1) is 5.10 Å². The number of aliphatic hydroxyl groups is 4. The van der Waals surface area contributed by atoms with E-state index in [1.54, 1.807) is 0 Å². The van der Waals surface area contributed by atoms with Crippen molar-refractivity contribution in [3.8, 4) is 0 Å². The van der Waals surface area contributed by atoms with Crippen LogP contribution in [0, 0.1) is 0 Å². The van der Waals surface area contributed by atoms with Crippen LogP contribution in [-0.4, -0.2) is 115 Å². The first-order chi connectivity index (χ1) is 31.1. The zero-order valence-corrected chi connectivity index (χ0v) is 40.5. The molecule has 1 amide bonds. The lowest BCUT2D eigenvalue weighted by Gasteiger charge is -2.39. The second-order valence-corrected chi connectivity index (χ2v) is 19.0. The van der Waals surface area contributed by atoms with Crippen LogP contribution >= 0.6 is 11.8 Å². The maximum atomic E-state index is 12.9. The van der Waals surface area contributed by atoms with Gasteiger partial charge in [0.1, 0.15) is 37.1 Å². The predicted molar refractivity (Wildman–Crippen MR) is 254 cm³/mol. The topological polar surface area (TPSA) is 229 Å². The van der Waals surface area contributed by atoms with Crippen LogP contribution in [0.2, 0.25) is 0 Å². The number of hydrogen-bond acceptors (Lipinski definition) is 14. The van der Waals surface area contributed by atoms with Gasteiger partial charge in [-0.1, -0.05) is 186 Å². The third kappa shape index (κ3) is 26.7. The van der Waals surface area contributed by atoms with E-state index >= 15 is 0 Å². The van der Waals surface area contributed by atoms with Gasteiger partial charge in [0.2, 0.25) is 5.91 Å². The molecule has 1 fully saturated rings. The van der Waals surface area contributed by atoms with E-state index in [2.05, 4.69) is 29.5 Å². The zero-order valence-electron chi connectivity index (χ0n) is 39.7. The Morgan fingerprint density at radius 2 is 1.14 bits per heavy atom. The number of nitrogens with one attached hydrogen (secondary N) is 1. The summed E-state index contributed by atoms with van der Waals surface area (Å²) in [5, 5.41) is 50.3. The van der Waals surface area contributed by atoms with Crippen molar-refractivity contribution in [1.29, 1.82) is 0 Å². The first kappa shape index (κ1) is 57.8. The Balaban J connectivity index is 1.74. The first-order valence-electron chi connectivity index (χ1n) is 25.3. The number of nitrogens with two attached hydrogens (primary N) is 1. The molecule has 7 atom stereocenters. The Kier molecular flexibility index (Phi) is 34.1. The minimum Gasteiger partial charge on any atom is -0.462 e. The van der Waals surface area contributed by atoms with Crippen LogP contribution in [-0.2, 0) is 28.6 Å². The number of carbonyl (C=O) groups is 3. The maximum absolute atomic E-state index is 12.9. The van der Waals surface area contributed by atoms with Gasteiger partial charge in [-0.25, -0.2) is 4.68 Å². The number of carbonyl (C=O) groups excluding carboxylic acids is 3. The molecule has 2 rings (SSSR count). The highest BCUT2D eigenvalue weighted by atomic mass is 32.2. The number of rotatable bonds is 41. The van der Waals surface area contributed by atoms with Crippen LogP contribution in [0.25, 0.3) is 0 Å². The first-order valence-corrected chi connectivity index (χ1v) is 26.5. The molecule has 7 N–H and O–H groups in total. The molecule has 1 aromatic heterocycles. The lowest BCUT2D eigenvalue weighted by atomic mass is 9.98. The number of esters is 2. The minimum absolute atomic E-state index is 0.00318. The molecule has 1 aliphatic heterocycles. The quantitative estimate of drug-likeness (QED) is 0.0268. The lowest BCUT2D eigenvalue weighted by Crippen LogP contribution is -2.56. The van der Waals surface area contributed by atoms with Crippen LogP contribution in [0.3, 0.4) is 0 Å². The van der Waals surface area contributed by atoms with Gasteiger partial charge >= 0.3 is 11.9 Å². The van der Waals surface area contributed by atoms with Crippen LogP contribution in [0.15, 0.2) is 6.20 Å². The van der Waals surface area contributed by atoms with Crippen molar-refractivity contribution < 1.29 is 49.0 Å². The fourth-order valence-electron chi connectivity index (χ4n) is 7.93. The summed E-state index contributed by atoms with van der Waals surface area (Å²) in [6.45, 7) is 3.83. The van der Waals surface area contributed by atoms with E-state index in [0.29, 0.717) is 6.42 Å². The Bertz CT molecular complexity index is 1330. The molecule has 0 bridgehead atoms. The molecule has 15 nitrogen and oxygen atoms in total. The molecule has 1 aliphatic rings. The van der Waals surface area contributed by atoms with Crippen LogP contribution in [0.5, 0.6) is 0 Å². The Morgan fingerprint density at radius 1 is 0.688 bits per heavy atom. The number of thioether (sulfide) groups is 1. The van der Waals surface area contributed by atoms with Gasteiger partial charge in [0, 0.05) is 24.3 Å². The summed E-state index contributed by atoms with van der Waals surface area (Å²) in [6, 6.07) is -0.989. The predicted octanol–water partition coefficient (Wildman–Crippen LogP) is 8.45. The summed E-state index contributed by atoms with van der Waals surface area (Å²) in [4.78, 5) is 38.5. The molecule has 5 unspecified atom stereocenters. The van der Waals surface area contributed by atoms with E-state index < -0.39 is 55.3 Å². The molecular weight excluding hydrogens is 839 g/mol. The number of amides is 1. The van der Waals surface area contributed by atoms with Crippen molar-refractivity contribution >= 4 is 35.4 Å². The van der Waals surface area contributed by atoms with Crippen molar-refractivity contribution in [2.24, 2.45) is 5.73 Å². The second-order valence-electron chi connectivity index (χ2n) is 17.9. The van der Waals surface area contributed by atoms with Gasteiger partial charge in [-0.3, -0.25) is 14.4 Å². The van der Waals surface area contributed by atoms with Gasteiger partial charge in [0.15, 0.2) is 12.0 Å². The van der Waals surface area contributed by atoms with Crippen LogP contribution < -0.4 is 11.1 Å². The van der Waals surface area contributed by atoms with Crippen molar-refractivity contribution in [3.63, 3.8) is 0 Å². The summed E-state index contributed by atoms with van der Waals surface area (Å²) >= 11 is 1.30. The molecule has 0 aliphatic carbocycles. The normalized spacial score (nSPS) is 19.6. The standard InChI is InChI=1S/C48H89N5O10S/c1-3-5-7-9-11-13-15-17-19-21-23-25-27-29-31-42(55)61-35-38(62-43(56)32-30-28-26-24-22-20-18-16-14-12-10-8-6-4-2)36-64-37-39(49)47(60)50-41-33-53(52-51-41)48-46(59)45(58)44(57)40(34-54)63-48/h33,38-40,44-46,48,54,57-59H,3-32,34-37,49H2,1-2H3,(H,50,60)/t38-,39-,40?,44?,45?,46?,48?/m1/s1. The van der Waals surface area contributed by atoms with Gasteiger partial charge in [0.05, 0.1) is 18.8 Å². The minimum atomic E-state index is -1.60. The van der Waals surface area contributed by atoms with Crippen molar-refractivity contribution in [1.82, 2.24) is 15.0 Å². The van der Waals surface area contributed by atoms with Gasteiger partial charge in [-0.05, 0) is 12.8 Å².